The van der Waals surface area contributed by atoms with Crippen molar-refractivity contribution in [1.29, 1.82) is 0 Å². The standard InChI is InChI=1S/C35H39B2F3N6O2/c1-17(2)23-11-12-41-29(18(3)4)31(23)46-32-24(14-26(40)30(42-32)28-22(13-27(36)37)9-8-10-25(28)39)33(43-35(46)48)45-19(5)15-44(16-20(45)6)34(47)21(7)38/h8-14,17-20H,7,15-16,36-37H2,1-6H3/t19-,20-/m0/s1. The van der Waals surface area contributed by atoms with Crippen molar-refractivity contribution in [2.24, 2.45) is 0 Å². The van der Waals surface area contributed by atoms with Gasteiger partial charge < -0.3 is 9.80 Å². The zero-order valence-electron chi connectivity index (χ0n) is 28.6. The van der Waals surface area contributed by atoms with Crippen LogP contribution in [-0.2, 0) is 4.79 Å². The molecule has 1 amide bonds. The summed E-state index contributed by atoms with van der Waals surface area (Å²) in [4.78, 5) is 44.0. The summed E-state index contributed by atoms with van der Waals surface area (Å²) < 4.78 is 47.3. The van der Waals surface area contributed by atoms with E-state index in [9.17, 15) is 14.0 Å². The minimum absolute atomic E-state index is 0.0323. The number of fused-ring (bicyclic) bond motifs is 1. The molecule has 1 aliphatic rings. The van der Waals surface area contributed by atoms with Gasteiger partial charge in [0.1, 0.15) is 33.0 Å². The van der Waals surface area contributed by atoms with Crippen LogP contribution in [0.4, 0.5) is 19.0 Å². The number of amides is 1. The number of carbonyl (C=O) groups excluding carboxylic acids is 1. The number of nitrogens with zero attached hydrogens (tertiary/aromatic N) is 6. The summed E-state index contributed by atoms with van der Waals surface area (Å²) in [5, 5.41) is 1.10. The predicted molar refractivity (Wildman–Crippen MR) is 190 cm³/mol. The Balaban J connectivity index is 1.89. The maximum Gasteiger partial charge on any atom is 0.355 e. The van der Waals surface area contributed by atoms with E-state index in [0.717, 1.165) is 10.9 Å². The molecule has 0 bridgehead atoms. The number of rotatable bonds is 7. The lowest BCUT2D eigenvalue weighted by atomic mass is 9.77. The first kappa shape index (κ1) is 34.7. The Labute approximate surface area is 280 Å². The molecule has 4 heterocycles. The Bertz CT molecular complexity index is 1990. The second-order valence-electron chi connectivity index (χ2n) is 13.3. The summed E-state index contributed by atoms with van der Waals surface area (Å²) in [5.41, 5.74) is 1.50. The van der Waals surface area contributed by atoms with E-state index in [1.54, 1.807) is 24.4 Å². The largest absolute Gasteiger partial charge is 0.355 e. The maximum atomic E-state index is 16.5. The molecule has 4 aromatic rings. The van der Waals surface area contributed by atoms with Crippen molar-refractivity contribution in [2.75, 3.05) is 18.0 Å². The first-order chi connectivity index (χ1) is 22.6. The highest BCUT2D eigenvalue weighted by Crippen LogP contribution is 2.37. The molecule has 1 fully saturated rings. The van der Waals surface area contributed by atoms with Crippen LogP contribution in [-0.4, -0.2) is 71.2 Å². The molecule has 1 saturated heterocycles. The van der Waals surface area contributed by atoms with Crippen molar-refractivity contribution in [3.8, 4) is 16.9 Å². The zero-order chi connectivity index (χ0) is 35.2. The van der Waals surface area contributed by atoms with Crippen LogP contribution >= 0.6 is 0 Å². The molecule has 0 unspecified atom stereocenters. The van der Waals surface area contributed by atoms with Crippen LogP contribution in [0.25, 0.3) is 34.1 Å². The summed E-state index contributed by atoms with van der Waals surface area (Å²) in [5.74, 6) is -3.31. The minimum Gasteiger partial charge on any atom is -0.347 e. The SMILES string of the molecule is BC(B)=Cc1cccc(F)c1-c1nc2c(cc1F)c(N1[C@@H](C)CN(C(=O)C(=C)F)C[C@@H]1C)nc(=O)n2-c1c(C(C)C)ccnc1C(C)C. The third-order valence-corrected chi connectivity index (χ3v) is 8.59. The van der Waals surface area contributed by atoms with E-state index in [1.165, 1.54) is 21.6 Å². The average Bonchev–Trinajstić information content (AvgIpc) is 3.00. The van der Waals surface area contributed by atoms with Gasteiger partial charge in [0.2, 0.25) is 0 Å². The highest BCUT2D eigenvalue weighted by atomic mass is 19.1. The number of hydrogen-bond acceptors (Lipinski definition) is 6. The second kappa shape index (κ2) is 13.4. The van der Waals surface area contributed by atoms with Gasteiger partial charge >= 0.3 is 5.69 Å². The average molecular weight is 654 g/mol. The summed E-state index contributed by atoms with van der Waals surface area (Å²) >= 11 is 0. The Hall–Kier alpha value is -4.67. The van der Waals surface area contributed by atoms with Gasteiger partial charge in [-0.1, -0.05) is 52.5 Å². The van der Waals surface area contributed by atoms with Crippen LogP contribution in [0.1, 0.15) is 70.2 Å². The Morgan fingerprint density at radius 2 is 1.69 bits per heavy atom. The number of halogens is 3. The number of benzene rings is 1. The van der Waals surface area contributed by atoms with Gasteiger partial charge in [0.15, 0.2) is 17.3 Å². The third-order valence-electron chi connectivity index (χ3n) is 8.59. The van der Waals surface area contributed by atoms with Crippen molar-refractivity contribution < 1.29 is 18.0 Å². The van der Waals surface area contributed by atoms with Gasteiger partial charge in [0, 0.05) is 36.9 Å². The number of carbonyl (C=O) groups is 1. The lowest BCUT2D eigenvalue weighted by molar-refractivity contribution is -0.129. The topological polar surface area (TPSA) is 84.2 Å². The van der Waals surface area contributed by atoms with Crippen molar-refractivity contribution in [3.05, 3.63) is 93.2 Å². The Morgan fingerprint density at radius 1 is 1.02 bits per heavy atom. The van der Waals surface area contributed by atoms with Crippen molar-refractivity contribution in [1.82, 2.24) is 24.4 Å². The third kappa shape index (κ3) is 6.30. The summed E-state index contributed by atoms with van der Waals surface area (Å²) in [7, 11) is 3.72. The predicted octanol–water partition coefficient (Wildman–Crippen LogP) is 4.84. The van der Waals surface area contributed by atoms with Crippen LogP contribution in [0.3, 0.4) is 0 Å². The van der Waals surface area contributed by atoms with Gasteiger partial charge in [-0.25, -0.2) is 27.5 Å². The molecule has 48 heavy (non-hydrogen) atoms. The molecular formula is C35H39B2F3N6O2. The van der Waals surface area contributed by atoms with Crippen LogP contribution in [0.2, 0.25) is 0 Å². The molecule has 3 aromatic heterocycles. The van der Waals surface area contributed by atoms with Gasteiger partial charge in [-0.2, -0.15) is 4.98 Å². The Morgan fingerprint density at radius 3 is 2.27 bits per heavy atom. The molecule has 0 aliphatic carbocycles. The zero-order valence-corrected chi connectivity index (χ0v) is 28.6. The lowest BCUT2D eigenvalue weighted by Gasteiger charge is -2.45. The van der Waals surface area contributed by atoms with E-state index < -0.39 is 41.1 Å². The number of aromatic nitrogens is 4. The molecule has 248 valence electrons. The fourth-order valence-electron chi connectivity index (χ4n) is 6.60. The van der Waals surface area contributed by atoms with Crippen LogP contribution < -0.4 is 10.6 Å². The van der Waals surface area contributed by atoms with Crippen molar-refractivity contribution in [2.45, 2.75) is 65.5 Å². The summed E-state index contributed by atoms with van der Waals surface area (Å²) in [6.07, 6.45) is 3.45. The smallest absolute Gasteiger partial charge is 0.347 e. The van der Waals surface area contributed by atoms with E-state index >= 15 is 8.78 Å². The van der Waals surface area contributed by atoms with Crippen LogP contribution in [0.15, 0.2) is 59.1 Å². The molecule has 0 saturated carbocycles. The van der Waals surface area contributed by atoms with E-state index in [-0.39, 0.29) is 53.0 Å². The molecule has 0 spiro atoms. The van der Waals surface area contributed by atoms with Crippen molar-refractivity contribution in [3.63, 3.8) is 0 Å². The van der Waals surface area contributed by atoms with Gasteiger partial charge in [0.25, 0.3) is 5.91 Å². The molecular weight excluding hydrogens is 615 g/mol. The van der Waals surface area contributed by atoms with E-state index in [0.29, 0.717) is 16.9 Å². The first-order valence-electron chi connectivity index (χ1n) is 16.1. The summed E-state index contributed by atoms with van der Waals surface area (Å²) in [6, 6.07) is 6.68. The lowest BCUT2D eigenvalue weighted by Crippen LogP contribution is -2.59. The normalized spacial score (nSPS) is 16.6. The molecule has 1 aliphatic heterocycles. The fraction of sp³-hybridized carbons (Fsp3) is 0.343. The van der Waals surface area contributed by atoms with E-state index in [4.69, 9.17) is 4.98 Å². The highest BCUT2D eigenvalue weighted by molar-refractivity contribution is 6.50. The van der Waals surface area contributed by atoms with Crippen LogP contribution in [0.5, 0.6) is 0 Å². The fourth-order valence-corrected chi connectivity index (χ4v) is 6.60. The number of anilines is 1. The Kier molecular flexibility index (Phi) is 9.71. The van der Waals surface area contributed by atoms with E-state index in [2.05, 4.69) is 16.5 Å². The molecule has 2 atom stereocenters. The molecule has 0 N–H and O–H groups in total. The van der Waals surface area contributed by atoms with Gasteiger partial charge in [-0.15, -0.1) is 5.37 Å². The van der Waals surface area contributed by atoms with E-state index in [1.807, 2.05) is 68.2 Å². The highest BCUT2D eigenvalue weighted by Gasteiger charge is 2.36. The van der Waals surface area contributed by atoms with Gasteiger partial charge in [0.05, 0.1) is 16.8 Å². The molecule has 5 rings (SSSR count). The van der Waals surface area contributed by atoms with Gasteiger partial charge in [-0.3, -0.25) is 9.78 Å². The maximum absolute atomic E-state index is 16.5. The summed E-state index contributed by atoms with van der Waals surface area (Å²) in [6.45, 7) is 14.9. The van der Waals surface area contributed by atoms with Gasteiger partial charge in [-0.05, 0) is 55.0 Å². The minimum atomic E-state index is -1.06. The number of pyridine rings is 2. The monoisotopic (exact) mass is 654 g/mol. The molecule has 0 radical (unpaired) electrons. The number of hydrogen-bond donors (Lipinski definition) is 0. The molecule has 8 nitrogen and oxygen atoms in total. The number of piperazine rings is 1. The molecule has 1 aromatic carbocycles. The first-order valence-corrected chi connectivity index (χ1v) is 16.1. The molecule has 13 heteroatoms. The second-order valence-corrected chi connectivity index (χ2v) is 13.3. The van der Waals surface area contributed by atoms with Crippen LogP contribution in [0, 0.1) is 11.6 Å². The van der Waals surface area contributed by atoms with Crippen molar-refractivity contribution >= 4 is 44.5 Å². The quantitative estimate of drug-likeness (QED) is 0.210.